The van der Waals surface area contributed by atoms with Gasteiger partial charge in [0.25, 0.3) is 0 Å². The third-order valence-corrected chi connectivity index (χ3v) is 5.28. The molecule has 1 fully saturated rings. The molecule has 1 saturated heterocycles. The standard InChI is InChI=1S/C24H23N5O2/c1-18-2-9-21(10-3-18)24-26-22(31-27-24)17-28-12-14-29(15-13-28)23(30)11-8-19-4-6-20(16-25)7-5-19/h2-11H,12-15,17H2,1H3/b11-8+. The Kier molecular flexibility index (Phi) is 6.20. The number of benzene rings is 2. The predicted molar refractivity (Wildman–Crippen MR) is 117 cm³/mol. The maximum absolute atomic E-state index is 12.5. The summed E-state index contributed by atoms with van der Waals surface area (Å²) in [6, 6.07) is 17.2. The summed E-state index contributed by atoms with van der Waals surface area (Å²) in [5.41, 5.74) is 3.62. The Labute approximate surface area is 181 Å². The first-order valence-corrected chi connectivity index (χ1v) is 10.2. The first kappa shape index (κ1) is 20.5. The molecule has 0 atom stereocenters. The van der Waals surface area contributed by atoms with Crippen molar-refractivity contribution in [1.29, 1.82) is 5.26 Å². The molecule has 0 radical (unpaired) electrons. The van der Waals surface area contributed by atoms with Gasteiger partial charge in [0, 0.05) is 37.8 Å². The van der Waals surface area contributed by atoms with Gasteiger partial charge in [0.05, 0.1) is 18.2 Å². The predicted octanol–water partition coefficient (Wildman–Crippen LogP) is 3.27. The molecule has 1 aliphatic heterocycles. The molecule has 1 aromatic heterocycles. The molecule has 0 spiro atoms. The molecule has 1 aliphatic rings. The van der Waals surface area contributed by atoms with Gasteiger partial charge in [0.2, 0.25) is 17.6 Å². The monoisotopic (exact) mass is 413 g/mol. The van der Waals surface area contributed by atoms with Crippen molar-refractivity contribution in [2.45, 2.75) is 13.5 Å². The SMILES string of the molecule is Cc1ccc(-c2noc(CN3CCN(C(=O)/C=C/c4ccc(C#N)cc4)CC3)n2)cc1. The Morgan fingerprint density at radius 1 is 1.10 bits per heavy atom. The van der Waals surface area contributed by atoms with Gasteiger partial charge in [-0.1, -0.05) is 47.1 Å². The molecule has 7 heteroatoms. The van der Waals surface area contributed by atoms with Gasteiger partial charge in [-0.15, -0.1) is 0 Å². The topological polar surface area (TPSA) is 86.3 Å². The molecule has 0 saturated carbocycles. The van der Waals surface area contributed by atoms with Crippen LogP contribution in [0, 0.1) is 18.3 Å². The molecule has 1 amide bonds. The lowest BCUT2D eigenvalue weighted by Crippen LogP contribution is -2.47. The number of hydrogen-bond acceptors (Lipinski definition) is 6. The molecule has 2 aromatic carbocycles. The zero-order chi connectivity index (χ0) is 21.6. The van der Waals surface area contributed by atoms with Crippen molar-refractivity contribution in [2.24, 2.45) is 0 Å². The highest BCUT2D eigenvalue weighted by atomic mass is 16.5. The number of nitriles is 1. The Morgan fingerprint density at radius 2 is 1.81 bits per heavy atom. The van der Waals surface area contributed by atoms with Crippen molar-refractivity contribution in [1.82, 2.24) is 19.9 Å². The van der Waals surface area contributed by atoms with E-state index in [-0.39, 0.29) is 5.91 Å². The smallest absolute Gasteiger partial charge is 0.246 e. The van der Waals surface area contributed by atoms with Gasteiger partial charge in [-0.3, -0.25) is 9.69 Å². The number of aromatic nitrogens is 2. The van der Waals surface area contributed by atoms with Crippen LogP contribution in [0.15, 0.2) is 59.1 Å². The fourth-order valence-corrected chi connectivity index (χ4v) is 3.40. The van der Waals surface area contributed by atoms with Crippen LogP contribution < -0.4 is 0 Å². The van der Waals surface area contributed by atoms with Crippen LogP contribution in [0.4, 0.5) is 0 Å². The van der Waals surface area contributed by atoms with Crippen molar-refractivity contribution < 1.29 is 9.32 Å². The van der Waals surface area contributed by atoms with E-state index in [1.54, 1.807) is 24.3 Å². The molecule has 2 heterocycles. The number of piperazine rings is 1. The second-order valence-electron chi connectivity index (χ2n) is 7.55. The average molecular weight is 413 g/mol. The van der Waals surface area contributed by atoms with Crippen molar-refractivity contribution in [3.63, 3.8) is 0 Å². The maximum Gasteiger partial charge on any atom is 0.246 e. The Bertz CT molecular complexity index is 1100. The van der Waals surface area contributed by atoms with Crippen molar-refractivity contribution in [3.05, 3.63) is 77.2 Å². The normalized spacial score (nSPS) is 14.6. The van der Waals surface area contributed by atoms with E-state index in [4.69, 9.17) is 9.78 Å². The van der Waals surface area contributed by atoms with Crippen molar-refractivity contribution in [3.8, 4) is 17.5 Å². The van der Waals surface area contributed by atoms with Crippen molar-refractivity contribution >= 4 is 12.0 Å². The van der Waals surface area contributed by atoms with E-state index >= 15 is 0 Å². The summed E-state index contributed by atoms with van der Waals surface area (Å²) in [5.74, 6) is 1.16. The number of carbonyl (C=O) groups is 1. The molecule has 4 rings (SSSR count). The number of carbonyl (C=O) groups excluding carboxylic acids is 1. The molecule has 0 aliphatic carbocycles. The lowest BCUT2D eigenvalue weighted by molar-refractivity contribution is -0.127. The van der Waals surface area contributed by atoms with E-state index in [9.17, 15) is 4.79 Å². The van der Waals surface area contributed by atoms with Crippen LogP contribution >= 0.6 is 0 Å². The summed E-state index contributed by atoms with van der Waals surface area (Å²) >= 11 is 0. The molecule has 0 bridgehead atoms. The molecule has 3 aromatic rings. The third-order valence-electron chi connectivity index (χ3n) is 5.28. The van der Waals surface area contributed by atoms with Gasteiger partial charge >= 0.3 is 0 Å². The van der Waals surface area contributed by atoms with Crippen molar-refractivity contribution in [2.75, 3.05) is 26.2 Å². The second-order valence-corrected chi connectivity index (χ2v) is 7.55. The van der Waals surface area contributed by atoms with E-state index in [2.05, 4.69) is 21.1 Å². The fourth-order valence-electron chi connectivity index (χ4n) is 3.40. The van der Waals surface area contributed by atoms with Gasteiger partial charge in [-0.25, -0.2) is 0 Å². The first-order valence-electron chi connectivity index (χ1n) is 10.2. The van der Waals surface area contributed by atoms with Gasteiger partial charge in [-0.05, 0) is 30.7 Å². The van der Waals surface area contributed by atoms with Crippen LogP contribution in [0.25, 0.3) is 17.5 Å². The average Bonchev–Trinajstić information content (AvgIpc) is 3.27. The Hall–Kier alpha value is -3.76. The maximum atomic E-state index is 12.5. The van der Waals surface area contributed by atoms with Crippen LogP contribution in [0.3, 0.4) is 0 Å². The highest BCUT2D eigenvalue weighted by Gasteiger charge is 2.21. The fraction of sp³-hybridized carbons (Fsp3) is 0.250. The lowest BCUT2D eigenvalue weighted by atomic mass is 10.1. The minimum Gasteiger partial charge on any atom is -0.338 e. The Balaban J connectivity index is 1.27. The molecule has 156 valence electrons. The molecule has 7 nitrogen and oxygen atoms in total. The molecule has 31 heavy (non-hydrogen) atoms. The van der Waals surface area contributed by atoms with E-state index in [0.717, 1.165) is 24.2 Å². The number of hydrogen-bond donors (Lipinski definition) is 0. The number of amides is 1. The summed E-state index contributed by atoms with van der Waals surface area (Å²) in [6.45, 7) is 5.41. The summed E-state index contributed by atoms with van der Waals surface area (Å²) in [6.07, 6.45) is 3.36. The molecular formula is C24H23N5O2. The van der Waals surface area contributed by atoms with E-state index < -0.39 is 0 Å². The zero-order valence-corrected chi connectivity index (χ0v) is 17.4. The quantitative estimate of drug-likeness (QED) is 0.597. The molecule has 0 N–H and O–H groups in total. The van der Waals surface area contributed by atoms with Gasteiger partial charge in [0.1, 0.15) is 0 Å². The zero-order valence-electron chi connectivity index (χ0n) is 17.4. The highest BCUT2D eigenvalue weighted by Crippen LogP contribution is 2.17. The van der Waals surface area contributed by atoms with Crippen LogP contribution in [0.1, 0.15) is 22.6 Å². The highest BCUT2D eigenvalue weighted by molar-refractivity contribution is 5.91. The minimum atomic E-state index is -0.0107. The summed E-state index contributed by atoms with van der Waals surface area (Å²) in [5, 5.41) is 12.9. The van der Waals surface area contributed by atoms with E-state index in [0.29, 0.717) is 36.9 Å². The lowest BCUT2D eigenvalue weighted by Gasteiger charge is -2.33. The van der Waals surface area contributed by atoms with Gasteiger partial charge in [-0.2, -0.15) is 10.2 Å². The Morgan fingerprint density at radius 3 is 2.48 bits per heavy atom. The van der Waals surface area contributed by atoms with Gasteiger partial charge in [0.15, 0.2) is 0 Å². The van der Waals surface area contributed by atoms with Gasteiger partial charge < -0.3 is 9.42 Å². The molecular weight excluding hydrogens is 390 g/mol. The van der Waals surface area contributed by atoms with Crippen LogP contribution in [0.5, 0.6) is 0 Å². The number of aryl methyl sites for hydroxylation is 1. The number of nitrogens with zero attached hydrogens (tertiary/aromatic N) is 5. The van der Waals surface area contributed by atoms with Crippen LogP contribution in [-0.4, -0.2) is 52.0 Å². The van der Waals surface area contributed by atoms with E-state index in [1.807, 2.05) is 48.2 Å². The summed E-state index contributed by atoms with van der Waals surface area (Å²) in [7, 11) is 0. The first-order chi connectivity index (χ1) is 15.1. The minimum absolute atomic E-state index is 0.0107. The largest absolute Gasteiger partial charge is 0.338 e. The number of rotatable bonds is 5. The second kappa shape index (κ2) is 9.37. The summed E-state index contributed by atoms with van der Waals surface area (Å²) < 4.78 is 5.42. The summed E-state index contributed by atoms with van der Waals surface area (Å²) in [4.78, 5) is 21.0. The van der Waals surface area contributed by atoms with Crippen LogP contribution in [-0.2, 0) is 11.3 Å². The van der Waals surface area contributed by atoms with Crippen LogP contribution in [0.2, 0.25) is 0 Å². The molecule has 0 unspecified atom stereocenters. The van der Waals surface area contributed by atoms with E-state index in [1.165, 1.54) is 5.56 Å². The third kappa shape index (κ3) is 5.24.